The molecule has 1 aliphatic carbocycles. The van der Waals surface area contributed by atoms with Gasteiger partial charge in [0.1, 0.15) is 24.0 Å². The van der Waals surface area contributed by atoms with Crippen LogP contribution in [0.4, 0.5) is 4.39 Å². The van der Waals surface area contributed by atoms with Gasteiger partial charge in [-0.15, -0.1) is 0 Å². The first-order valence-corrected chi connectivity index (χ1v) is 6.16. The van der Waals surface area contributed by atoms with Gasteiger partial charge in [0.2, 0.25) is 0 Å². The topological polar surface area (TPSA) is 35.5 Å². The molecule has 98 valence electrons. The molecule has 18 heavy (non-hydrogen) atoms. The van der Waals surface area contributed by atoms with Crippen molar-refractivity contribution in [2.45, 2.75) is 37.9 Å². The van der Waals surface area contributed by atoms with Crippen molar-refractivity contribution in [1.82, 2.24) is 0 Å². The average molecular weight is 252 g/mol. The van der Waals surface area contributed by atoms with Gasteiger partial charge in [-0.05, 0) is 31.4 Å². The number of hydrogen-bond acceptors (Lipinski definition) is 3. The van der Waals surface area contributed by atoms with Crippen LogP contribution in [0.15, 0.2) is 18.2 Å². The van der Waals surface area contributed by atoms with Crippen LogP contribution in [0.1, 0.15) is 36.0 Å². The minimum absolute atomic E-state index is 0.0324. The Labute approximate surface area is 106 Å². The quantitative estimate of drug-likeness (QED) is 0.773. The summed E-state index contributed by atoms with van der Waals surface area (Å²) in [6, 6.07) is 4.06. The van der Waals surface area contributed by atoms with Gasteiger partial charge in [-0.2, -0.15) is 0 Å². The predicted octanol–water partition coefficient (Wildman–Crippen LogP) is 2.97. The molecule has 1 saturated carbocycles. The highest BCUT2D eigenvalue weighted by molar-refractivity contribution is 5.75. The molecular weight excluding hydrogens is 235 g/mol. The van der Waals surface area contributed by atoms with Crippen molar-refractivity contribution in [2.75, 3.05) is 7.11 Å². The lowest BCUT2D eigenvalue weighted by Crippen LogP contribution is -2.29. The summed E-state index contributed by atoms with van der Waals surface area (Å²) in [4.78, 5) is 10.7. The number of halogens is 1. The first-order chi connectivity index (χ1) is 8.71. The van der Waals surface area contributed by atoms with Crippen molar-refractivity contribution in [2.24, 2.45) is 0 Å². The van der Waals surface area contributed by atoms with Crippen LogP contribution in [0.2, 0.25) is 0 Å². The van der Waals surface area contributed by atoms with E-state index in [2.05, 4.69) is 0 Å². The Morgan fingerprint density at radius 3 is 2.78 bits per heavy atom. The van der Waals surface area contributed by atoms with Gasteiger partial charge in [-0.25, -0.2) is 4.39 Å². The van der Waals surface area contributed by atoms with Crippen molar-refractivity contribution in [1.29, 1.82) is 0 Å². The number of methoxy groups -OCH3 is 1. The molecule has 4 heteroatoms. The molecule has 1 aliphatic rings. The first-order valence-electron chi connectivity index (χ1n) is 6.16. The molecule has 0 bridgehead atoms. The highest BCUT2D eigenvalue weighted by atomic mass is 19.1. The van der Waals surface area contributed by atoms with Crippen LogP contribution in [0.3, 0.4) is 0 Å². The number of rotatable bonds is 4. The molecule has 2 atom stereocenters. The van der Waals surface area contributed by atoms with Gasteiger partial charge in [0, 0.05) is 25.2 Å². The van der Waals surface area contributed by atoms with Crippen LogP contribution >= 0.6 is 0 Å². The van der Waals surface area contributed by atoms with Gasteiger partial charge in [0.25, 0.3) is 0 Å². The molecule has 2 rings (SSSR count). The smallest absolute Gasteiger partial charge is 0.150 e. The zero-order chi connectivity index (χ0) is 13.0. The van der Waals surface area contributed by atoms with E-state index in [0.717, 1.165) is 25.7 Å². The minimum Gasteiger partial charge on any atom is -0.490 e. The molecule has 1 fully saturated rings. The summed E-state index contributed by atoms with van der Waals surface area (Å²) in [5.74, 6) is -0.0347. The van der Waals surface area contributed by atoms with Crippen molar-refractivity contribution in [3.63, 3.8) is 0 Å². The predicted molar refractivity (Wildman–Crippen MR) is 65.5 cm³/mol. The lowest BCUT2D eigenvalue weighted by Gasteiger charge is -2.28. The number of carbonyl (C=O) groups excluding carboxylic acids is 1. The molecule has 0 aliphatic heterocycles. The molecule has 0 N–H and O–H groups in total. The zero-order valence-corrected chi connectivity index (χ0v) is 10.4. The zero-order valence-electron chi connectivity index (χ0n) is 10.4. The van der Waals surface area contributed by atoms with Crippen LogP contribution in [0.5, 0.6) is 5.75 Å². The van der Waals surface area contributed by atoms with Gasteiger partial charge in [-0.1, -0.05) is 0 Å². The molecule has 0 radical (unpaired) electrons. The van der Waals surface area contributed by atoms with Crippen LogP contribution < -0.4 is 4.74 Å². The first kappa shape index (κ1) is 13.0. The van der Waals surface area contributed by atoms with E-state index in [1.807, 2.05) is 0 Å². The summed E-state index contributed by atoms with van der Waals surface area (Å²) in [5.41, 5.74) is 0.295. The van der Waals surface area contributed by atoms with E-state index in [-0.39, 0.29) is 12.2 Å². The number of benzene rings is 1. The maximum atomic E-state index is 13.2. The Kier molecular flexibility index (Phi) is 4.31. The van der Waals surface area contributed by atoms with Gasteiger partial charge in [0.05, 0.1) is 6.10 Å². The van der Waals surface area contributed by atoms with Crippen LogP contribution in [0, 0.1) is 5.82 Å². The van der Waals surface area contributed by atoms with E-state index < -0.39 is 5.82 Å². The third-order valence-corrected chi connectivity index (χ3v) is 3.24. The van der Waals surface area contributed by atoms with Crippen LogP contribution in [0.25, 0.3) is 0 Å². The minimum atomic E-state index is -0.450. The number of ether oxygens (including phenoxy) is 2. The van der Waals surface area contributed by atoms with E-state index in [4.69, 9.17) is 9.47 Å². The van der Waals surface area contributed by atoms with Crippen molar-refractivity contribution < 1.29 is 18.7 Å². The molecular formula is C14H17FO3. The fourth-order valence-electron chi connectivity index (χ4n) is 2.34. The van der Waals surface area contributed by atoms with E-state index in [1.54, 1.807) is 13.2 Å². The van der Waals surface area contributed by atoms with Gasteiger partial charge < -0.3 is 9.47 Å². The normalized spacial score (nSPS) is 23.7. The summed E-state index contributed by atoms with van der Waals surface area (Å²) in [6.45, 7) is 0. The maximum absolute atomic E-state index is 13.2. The molecule has 0 saturated heterocycles. The molecule has 0 aromatic heterocycles. The van der Waals surface area contributed by atoms with Crippen molar-refractivity contribution in [3.8, 4) is 5.75 Å². The fraction of sp³-hybridized carbons (Fsp3) is 0.500. The SMILES string of the molecule is COC1CCCC(Oc2cc(F)cc(C=O)c2)C1. The van der Waals surface area contributed by atoms with Crippen molar-refractivity contribution >= 4 is 6.29 Å². The Bertz CT molecular complexity index is 420. The van der Waals surface area contributed by atoms with Gasteiger partial charge in [-0.3, -0.25) is 4.79 Å². The standard InChI is InChI=1S/C14H17FO3/c1-17-12-3-2-4-13(8-12)18-14-6-10(9-16)5-11(15)7-14/h5-7,9,12-13H,2-4,8H2,1H3. The number of aldehydes is 1. The summed E-state index contributed by atoms with van der Waals surface area (Å²) in [7, 11) is 1.69. The second-order valence-corrected chi connectivity index (χ2v) is 4.60. The third-order valence-electron chi connectivity index (χ3n) is 3.24. The second-order valence-electron chi connectivity index (χ2n) is 4.60. The van der Waals surface area contributed by atoms with Crippen molar-refractivity contribution in [3.05, 3.63) is 29.6 Å². The Hall–Kier alpha value is -1.42. The summed E-state index contributed by atoms with van der Waals surface area (Å²) < 4.78 is 24.3. The monoisotopic (exact) mass is 252 g/mol. The molecule has 0 heterocycles. The van der Waals surface area contributed by atoms with Crippen LogP contribution in [-0.4, -0.2) is 25.6 Å². The number of carbonyl (C=O) groups is 1. The Morgan fingerprint density at radius 2 is 2.06 bits per heavy atom. The summed E-state index contributed by atoms with van der Waals surface area (Å²) >= 11 is 0. The van der Waals surface area contributed by atoms with Crippen LogP contribution in [-0.2, 0) is 4.74 Å². The highest BCUT2D eigenvalue weighted by Crippen LogP contribution is 2.26. The summed E-state index contributed by atoms with van der Waals surface area (Å²) in [6.07, 6.45) is 4.69. The van der Waals surface area contributed by atoms with Gasteiger partial charge >= 0.3 is 0 Å². The molecule has 2 unspecified atom stereocenters. The number of hydrogen-bond donors (Lipinski definition) is 0. The summed E-state index contributed by atoms with van der Waals surface area (Å²) in [5, 5.41) is 0. The molecule has 1 aromatic rings. The Morgan fingerprint density at radius 1 is 1.28 bits per heavy atom. The van der Waals surface area contributed by atoms with E-state index >= 15 is 0 Å². The molecule has 3 nitrogen and oxygen atoms in total. The van der Waals surface area contributed by atoms with Gasteiger partial charge in [0.15, 0.2) is 0 Å². The lowest BCUT2D eigenvalue weighted by atomic mass is 9.95. The largest absolute Gasteiger partial charge is 0.490 e. The van der Waals surface area contributed by atoms with E-state index in [1.165, 1.54) is 12.1 Å². The highest BCUT2D eigenvalue weighted by Gasteiger charge is 2.23. The molecule has 0 spiro atoms. The third kappa shape index (κ3) is 3.29. The average Bonchev–Trinajstić information content (AvgIpc) is 2.38. The Balaban J connectivity index is 2.04. The van der Waals surface area contributed by atoms with E-state index in [0.29, 0.717) is 17.6 Å². The molecule has 1 aromatic carbocycles. The van der Waals surface area contributed by atoms with E-state index in [9.17, 15) is 9.18 Å². The second kappa shape index (κ2) is 5.96. The maximum Gasteiger partial charge on any atom is 0.150 e. The molecule has 0 amide bonds. The fourth-order valence-corrected chi connectivity index (χ4v) is 2.34. The lowest BCUT2D eigenvalue weighted by molar-refractivity contribution is 0.0208.